The SMILES string of the molecule is CCN1CCC(Cn2c(-c3ccco3)nc3cccnc32)CC1. The molecule has 3 aromatic heterocycles. The molecule has 0 aromatic carbocycles. The molecule has 0 saturated carbocycles. The molecule has 1 saturated heterocycles. The molecule has 5 heteroatoms. The first-order valence-corrected chi connectivity index (χ1v) is 8.42. The van der Waals surface area contributed by atoms with Gasteiger partial charge in [-0.25, -0.2) is 9.97 Å². The monoisotopic (exact) mass is 310 g/mol. The summed E-state index contributed by atoms with van der Waals surface area (Å²) in [6, 6.07) is 7.83. The van der Waals surface area contributed by atoms with Gasteiger partial charge in [-0.1, -0.05) is 6.92 Å². The largest absolute Gasteiger partial charge is 0.461 e. The van der Waals surface area contributed by atoms with Gasteiger partial charge in [0.15, 0.2) is 17.2 Å². The predicted octanol–water partition coefficient (Wildman–Crippen LogP) is 3.42. The zero-order valence-corrected chi connectivity index (χ0v) is 13.5. The molecule has 0 amide bonds. The molecule has 0 spiro atoms. The van der Waals surface area contributed by atoms with Crippen molar-refractivity contribution in [3.63, 3.8) is 0 Å². The van der Waals surface area contributed by atoms with Crippen LogP contribution in [0.15, 0.2) is 41.1 Å². The topological polar surface area (TPSA) is 47.1 Å². The Hall–Kier alpha value is -2.14. The second-order valence-corrected chi connectivity index (χ2v) is 6.25. The van der Waals surface area contributed by atoms with Gasteiger partial charge in [0.25, 0.3) is 0 Å². The van der Waals surface area contributed by atoms with Crippen molar-refractivity contribution in [1.29, 1.82) is 0 Å². The minimum atomic E-state index is 0.672. The minimum Gasteiger partial charge on any atom is -0.461 e. The van der Waals surface area contributed by atoms with E-state index in [2.05, 4.69) is 21.4 Å². The number of fused-ring (bicyclic) bond motifs is 1. The molecule has 0 bridgehead atoms. The van der Waals surface area contributed by atoms with Gasteiger partial charge in [-0.05, 0) is 62.7 Å². The molecule has 0 N–H and O–H groups in total. The summed E-state index contributed by atoms with van der Waals surface area (Å²) in [5.41, 5.74) is 1.89. The Morgan fingerprint density at radius 3 is 2.83 bits per heavy atom. The van der Waals surface area contributed by atoms with Crippen molar-refractivity contribution in [3.05, 3.63) is 36.7 Å². The van der Waals surface area contributed by atoms with Crippen LogP contribution in [-0.4, -0.2) is 39.1 Å². The summed E-state index contributed by atoms with van der Waals surface area (Å²) in [7, 11) is 0. The van der Waals surface area contributed by atoms with Crippen LogP contribution in [0.1, 0.15) is 19.8 Å². The van der Waals surface area contributed by atoms with E-state index in [1.807, 2.05) is 30.5 Å². The third kappa shape index (κ3) is 2.77. The average Bonchev–Trinajstić information content (AvgIpc) is 3.24. The fourth-order valence-electron chi connectivity index (χ4n) is 3.47. The molecule has 120 valence electrons. The summed E-state index contributed by atoms with van der Waals surface area (Å²) in [6.45, 7) is 6.73. The molecule has 0 aliphatic carbocycles. The molecule has 3 aromatic rings. The van der Waals surface area contributed by atoms with E-state index in [4.69, 9.17) is 9.40 Å². The molecule has 1 aliphatic heterocycles. The van der Waals surface area contributed by atoms with E-state index in [0.717, 1.165) is 35.8 Å². The highest BCUT2D eigenvalue weighted by Crippen LogP contribution is 2.27. The van der Waals surface area contributed by atoms with Crippen molar-refractivity contribution >= 4 is 11.2 Å². The van der Waals surface area contributed by atoms with Gasteiger partial charge in [0.05, 0.1) is 6.26 Å². The fourth-order valence-corrected chi connectivity index (χ4v) is 3.47. The average molecular weight is 310 g/mol. The lowest BCUT2D eigenvalue weighted by molar-refractivity contribution is 0.182. The van der Waals surface area contributed by atoms with E-state index >= 15 is 0 Å². The molecular formula is C18H22N4O. The highest BCUT2D eigenvalue weighted by atomic mass is 16.3. The summed E-state index contributed by atoms with van der Waals surface area (Å²) in [4.78, 5) is 11.8. The summed E-state index contributed by atoms with van der Waals surface area (Å²) in [5.74, 6) is 2.38. The second-order valence-electron chi connectivity index (χ2n) is 6.25. The van der Waals surface area contributed by atoms with E-state index in [0.29, 0.717) is 5.92 Å². The van der Waals surface area contributed by atoms with Crippen LogP contribution in [0.5, 0.6) is 0 Å². The van der Waals surface area contributed by atoms with Crippen molar-refractivity contribution in [2.45, 2.75) is 26.3 Å². The Morgan fingerprint density at radius 2 is 2.09 bits per heavy atom. The normalized spacial score (nSPS) is 17.1. The van der Waals surface area contributed by atoms with Crippen LogP contribution >= 0.6 is 0 Å². The van der Waals surface area contributed by atoms with Crippen molar-refractivity contribution in [1.82, 2.24) is 19.4 Å². The maximum atomic E-state index is 5.59. The smallest absolute Gasteiger partial charge is 0.178 e. The van der Waals surface area contributed by atoms with Crippen LogP contribution < -0.4 is 0 Å². The molecular weight excluding hydrogens is 288 g/mol. The van der Waals surface area contributed by atoms with Crippen molar-refractivity contribution in [2.24, 2.45) is 5.92 Å². The number of pyridine rings is 1. The summed E-state index contributed by atoms with van der Waals surface area (Å²) in [5, 5.41) is 0. The molecule has 0 unspecified atom stereocenters. The first-order chi connectivity index (χ1) is 11.3. The number of likely N-dealkylation sites (tertiary alicyclic amines) is 1. The first-order valence-electron chi connectivity index (χ1n) is 8.42. The van der Waals surface area contributed by atoms with Crippen LogP contribution in [0.4, 0.5) is 0 Å². The van der Waals surface area contributed by atoms with Crippen LogP contribution in [0, 0.1) is 5.92 Å². The van der Waals surface area contributed by atoms with Crippen LogP contribution in [0.3, 0.4) is 0 Å². The number of rotatable bonds is 4. The maximum absolute atomic E-state index is 5.59. The van der Waals surface area contributed by atoms with Crippen molar-refractivity contribution in [3.8, 4) is 11.6 Å². The lowest BCUT2D eigenvalue weighted by atomic mass is 9.96. The van der Waals surface area contributed by atoms with Crippen LogP contribution in [0.2, 0.25) is 0 Å². The lowest BCUT2D eigenvalue weighted by Gasteiger charge is -2.31. The van der Waals surface area contributed by atoms with Gasteiger partial charge in [0.1, 0.15) is 5.52 Å². The van der Waals surface area contributed by atoms with E-state index in [1.165, 1.54) is 25.9 Å². The Morgan fingerprint density at radius 1 is 1.22 bits per heavy atom. The predicted molar refractivity (Wildman–Crippen MR) is 90.1 cm³/mol. The second kappa shape index (κ2) is 6.16. The maximum Gasteiger partial charge on any atom is 0.178 e. The van der Waals surface area contributed by atoms with E-state index in [9.17, 15) is 0 Å². The number of furan rings is 1. The van der Waals surface area contributed by atoms with Gasteiger partial charge >= 0.3 is 0 Å². The highest BCUT2D eigenvalue weighted by molar-refractivity contribution is 5.75. The fraction of sp³-hybridized carbons (Fsp3) is 0.444. The molecule has 0 atom stereocenters. The third-order valence-corrected chi connectivity index (χ3v) is 4.84. The zero-order chi connectivity index (χ0) is 15.6. The molecule has 1 aliphatic rings. The molecule has 23 heavy (non-hydrogen) atoms. The van der Waals surface area contributed by atoms with Crippen molar-refractivity contribution < 1.29 is 4.42 Å². The van der Waals surface area contributed by atoms with Crippen LogP contribution in [-0.2, 0) is 6.54 Å². The Labute approximate surface area is 135 Å². The quantitative estimate of drug-likeness (QED) is 0.741. The van der Waals surface area contributed by atoms with Crippen molar-refractivity contribution in [2.75, 3.05) is 19.6 Å². The van der Waals surface area contributed by atoms with E-state index < -0.39 is 0 Å². The number of piperidine rings is 1. The standard InChI is InChI=1S/C18H22N4O/c1-2-21-10-7-14(8-11-21)13-22-17-15(5-3-9-19-17)20-18(22)16-6-4-12-23-16/h3-6,9,12,14H,2,7-8,10-11,13H2,1H3. The minimum absolute atomic E-state index is 0.672. The molecule has 5 nitrogen and oxygen atoms in total. The third-order valence-electron chi connectivity index (χ3n) is 4.84. The van der Waals surface area contributed by atoms with Gasteiger partial charge in [-0.15, -0.1) is 0 Å². The highest BCUT2D eigenvalue weighted by Gasteiger charge is 2.22. The first kappa shape index (κ1) is 14.5. The van der Waals surface area contributed by atoms with E-state index in [1.54, 1.807) is 6.26 Å². The van der Waals surface area contributed by atoms with Gasteiger partial charge < -0.3 is 13.9 Å². The van der Waals surface area contributed by atoms with Gasteiger partial charge in [0, 0.05) is 12.7 Å². The Bertz CT molecular complexity index is 770. The number of imidazole rings is 1. The van der Waals surface area contributed by atoms with Gasteiger partial charge in [0.2, 0.25) is 0 Å². The van der Waals surface area contributed by atoms with Gasteiger partial charge in [-0.2, -0.15) is 0 Å². The number of nitrogens with zero attached hydrogens (tertiary/aromatic N) is 4. The van der Waals surface area contributed by atoms with Gasteiger partial charge in [-0.3, -0.25) is 0 Å². The van der Waals surface area contributed by atoms with E-state index in [-0.39, 0.29) is 0 Å². The number of hydrogen-bond acceptors (Lipinski definition) is 4. The lowest BCUT2D eigenvalue weighted by Crippen LogP contribution is -2.34. The summed E-state index contributed by atoms with van der Waals surface area (Å²) < 4.78 is 7.83. The number of aromatic nitrogens is 3. The Balaban J connectivity index is 1.67. The van der Waals surface area contributed by atoms with Crippen LogP contribution in [0.25, 0.3) is 22.7 Å². The Kier molecular flexibility index (Phi) is 3.87. The molecule has 0 radical (unpaired) electrons. The molecule has 1 fully saturated rings. The summed E-state index contributed by atoms with van der Waals surface area (Å²) in [6.07, 6.45) is 6.01. The molecule has 4 heterocycles. The molecule has 4 rings (SSSR count). The zero-order valence-electron chi connectivity index (χ0n) is 13.5. The summed E-state index contributed by atoms with van der Waals surface area (Å²) >= 11 is 0. The number of hydrogen-bond donors (Lipinski definition) is 0.